The van der Waals surface area contributed by atoms with E-state index >= 15 is 0 Å². The molecule has 0 aliphatic rings. The van der Waals surface area contributed by atoms with Crippen molar-refractivity contribution in [2.75, 3.05) is 26.5 Å². The van der Waals surface area contributed by atoms with Crippen molar-refractivity contribution in [2.45, 2.75) is 32.2 Å². The molecule has 34 heavy (non-hydrogen) atoms. The van der Waals surface area contributed by atoms with E-state index in [1.54, 1.807) is 18.3 Å². The number of hydrogen-bond acceptors (Lipinski definition) is 7. The zero-order valence-electron chi connectivity index (χ0n) is 19.6. The SMILES string of the molecule is COc1ccc(CCCc2nccc(-c3cccc(CN(CCCN)S(C)(=O)=O)c3)n2)cc1O. The second kappa shape index (κ2) is 11.9. The van der Waals surface area contributed by atoms with E-state index in [1.165, 1.54) is 17.7 Å². The molecule has 0 saturated carbocycles. The van der Waals surface area contributed by atoms with Crippen molar-refractivity contribution >= 4 is 10.0 Å². The van der Waals surface area contributed by atoms with Gasteiger partial charge in [-0.05, 0) is 61.2 Å². The van der Waals surface area contributed by atoms with Crippen LogP contribution in [0.4, 0.5) is 0 Å². The lowest BCUT2D eigenvalue weighted by molar-refractivity contribution is 0.373. The third kappa shape index (κ3) is 7.24. The highest BCUT2D eigenvalue weighted by Crippen LogP contribution is 2.27. The number of nitrogens with zero attached hydrogens (tertiary/aromatic N) is 3. The molecule has 0 spiro atoms. The number of phenolic OH excluding ortho intramolecular Hbond substituents is 1. The van der Waals surface area contributed by atoms with Crippen LogP contribution in [0, 0.1) is 0 Å². The third-order valence-corrected chi connectivity index (χ3v) is 6.73. The van der Waals surface area contributed by atoms with E-state index in [1.807, 2.05) is 36.4 Å². The average molecular weight is 485 g/mol. The zero-order valence-corrected chi connectivity index (χ0v) is 20.5. The van der Waals surface area contributed by atoms with E-state index in [-0.39, 0.29) is 5.75 Å². The summed E-state index contributed by atoms with van der Waals surface area (Å²) >= 11 is 0. The van der Waals surface area contributed by atoms with Crippen LogP contribution >= 0.6 is 0 Å². The first kappa shape index (κ1) is 25.6. The molecule has 1 heterocycles. The summed E-state index contributed by atoms with van der Waals surface area (Å²) in [5, 5.41) is 9.94. The van der Waals surface area contributed by atoms with Crippen LogP contribution in [-0.2, 0) is 29.4 Å². The van der Waals surface area contributed by atoms with Crippen LogP contribution in [0.15, 0.2) is 54.7 Å². The predicted molar refractivity (Wildman–Crippen MR) is 133 cm³/mol. The van der Waals surface area contributed by atoms with Crippen molar-refractivity contribution in [1.82, 2.24) is 14.3 Å². The molecule has 2 aromatic carbocycles. The van der Waals surface area contributed by atoms with Crippen LogP contribution in [-0.4, -0.2) is 54.3 Å². The van der Waals surface area contributed by atoms with Gasteiger partial charge in [-0.15, -0.1) is 0 Å². The molecule has 8 nitrogen and oxygen atoms in total. The molecule has 0 bridgehead atoms. The minimum Gasteiger partial charge on any atom is -0.504 e. The Hall–Kier alpha value is -3.01. The lowest BCUT2D eigenvalue weighted by atomic mass is 10.1. The van der Waals surface area contributed by atoms with Gasteiger partial charge in [-0.3, -0.25) is 0 Å². The molecule has 0 amide bonds. The second-order valence-corrected chi connectivity index (χ2v) is 10.1. The minimum absolute atomic E-state index is 0.135. The van der Waals surface area contributed by atoms with Crippen LogP contribution in [0.2, 0.25) is 0 Å². The Morgan fingerprint density at radius 1 is 1.06 bits per heavy atom. The predicted octanol–water partition coefficient (Wildman–Crippen LogP) is 3.14. The number of ether oxygens (including phenoxy) is 1. The molecule has 9 heteroatoms. The van der Waals surface area contributed by atoms with E-state index in [2.05, 4.69) is 4.98 Å². The van der Waals surface area contributed by atoms with Gasteiger partial charge in [0, 0.05) is 31.3 Å². The smallest absolute Gasteiger partial charge is 0.211 e. The standard InChI is InChI=1S/C25H32N4O4S/c1-33-24-11-10-19(17-23(24)30)6-4-9-25-27-14-12-22(28-25)21-8-3-7-20(16-21)18-29(15-5-13-26)34(2,31)32/h3,7-8,10-12,14,16-17,30H,4-6,9,13,15,18,26H2,1-2H3. The van der Waals surface area contributed by atoms with Gasteiger partial charge >= 0.3 is 0 Å². The van der Waals surface area contributed by atoms with Crippen LogP contribution in [0.25, 0.3) is 11.3 Å². The van der Waals surface area contributed by atoms with Gasteiger partial charge in [-0.25, -0.2) is 18.4 Å². The quantitative estimate of drug-likeness (QED) is 0.405. The Labute approximate surface area is 201 Å². The topological polar surface area (TPSA) is 119 Å². The van der Waals surface area contributed by atoms with Crippen molar-refractivity contribution in [3.05, 3.63) is 71.7 Å². The molecule has 0 aliphatic carbocycles. The number of hydrogen-bond donors (Lipinski definition) is 2. The first-order valence-electron chi connectivity index (χ1n) is 11.2. The summed E-state index contributed by atoms with van der Waals surface area (Å²) in [6, 6.07) is 15.0. The van der Waals surface area contributed by atoms with Crippen molar-refractivity contribution in [1.29, 1.82) is 0 Å². The summed E-state index contributed by atoms with van der Waals surface area (Å²) < 4.78 is 30.8. The Balaban J connectivity index is 1.67. The molecular weight excluding hydrogens is 452 g/mol. The first-order valence-corrected chi connectivity index (χ1v) is 13.1. The number of rotatable bonds is 12. The number of methoxy groups -OCH3 is 1. The number of benzene rings is 2. The summed E-state index contributed by atoms with van der Waals surface area (Å²) in [6.07, 6.45) is 5.88. The molecule has 0 fully saturated rings. The van der Waals surface area contributed by atoms with E-state index < -0.39 is 10.0 Å². The normalized spacial score (nSPS) is 11.6. The lowest BCUT2D eigenvalue weighted by Gasteiger charge is -2.20. The molecular formula is C25H32N4O4S. The largest absolute Gasteiger partial charge is 0.504 e. The Morgan fingerprint density at radius 2 is 1.88 bits per heavy atom. The van der Waals surface area contributed by atoms with Crippen molar-refractivity contribution < 1.29 is 18.3 Å². The summed E-state index contributed by atoms with van der Waals surface area (Å²) in [5.41, 5.74) is 9.17. The van der Waals surface area contributed by atoms with Gasteiger partial charge < -0.3 is 15.6 Å². The average Bonchev–Trinajstić information content (AvgIpc) is 2.81. The van der Waals surface area contributed by atoms with E-state index in [4.69, 9.17) is 15.5 Å². The molecule has 3 aromatic rings. The number of aromatic hydroxyl groups is 1. The molecule has 1 aromatic heterocycles. The molecule has 3 N–H and O–H groups in total. The van der Waals surface area contributed by atoms with Gasteiger partial charge in [0.05, 0.1) is 19.1 Å². The Kier molecular flexibility index (Phi) is 8.98. The lowest BCUT2D eigenvalue weighted by Crippen LogP contribution is -2.31. The van der Waals surface area contributed by atoms with Gasteiger partial charge in [0.15, 0.2) is 11.5 Å². The summed E-state index contributed by atoms with van der Waals surface area (Å²) in [6.45, 7) is 1.12. The van der Waals surface area contributed by atoms with Gasteiger partial charge in [0.1, 0.15) is 5.82 Å². The minimum atomic E-state index is -3.33. The van der Waals surface area contributed by atoms with Crippen LogP contribution in [0.1, 0.15) is 29.8 Å². The van der Waals surface area contributed by atoms with Gasteiger partial charge in [0.2, 0.25) is 10.0 Å². The number of aromatic nitrogens is 2. The summed E-state index contributed by atoms with van der Waals surface area (Å²) in [5.74, 6) is 1.33. The molecule has 0 saturated heterocycles. The fourth-order valence-electron chi connectivity index (χ4n) is 3.68. The Morgan fingerprint density at radius 3 is 2.59 bits per heavy atom. The van der Waals surface area contributed by atoms with Gasteiger partial charge in [-0.1, -0.05) is 24.3 Å². The van der Waals surface area contributed by atoms with Crippen LogP contribution < -0.4 is 10.5 Å². The highest BCUT2D eigenvalue weighted by Gasteiger charge is 2.17. The fourth-order valence-corrected chi connectivity index (χ4v) is 4.53. The monoisotopic (exact) mass is 484 g/mol. The maximum absolute atomic E-state index is 12.1. The van der Waals surface area contributed by atoms with E-state index in [0.717, 1.165) is 41.1 Å². The maximum atomic E-state index is 12.1. The van der Waals surface area contributed by atoms with Gasteiger partial charge in [-0.2, -0.15) is 4.31 Å². The molecule has 3 rings (SSSR count). The molecule has 0 radical (unpaired) electrons. The highest BCUT2D eigenvalue weighted by atomic mass is 32.2. The number of nitrogens with two attached hydrogens (primary N) is 1. The highest BCUT2D eigenvalue weighted by molar-refractivity contribution is 7.88. The summed E-state index contributed by atoms with van der Waals surface area (Å²) in [4.78, 5) is 9.11. The molecule has 0 atom stereocenters. The third-order valence-electron chi connectivity index (χ3n) is 5.48. The number of phenols is 1. The van der Waals surface area contributed by atoms with Crippen LogP contribution in [0.5, 0.6) is 11.5 Å². The van der Waals surface area contributed by atoms with E-state index in [0.29, 0.717) is 38.2 Å². The molecule has 182 valence electrons. The molecule has 0 unspecified atom stereocenters. The first-order chi connectivity index (χ1) is 16.3. The number of aryl methyl sites for hydroxylation is 2. The Bertz CT molecular complexity index is 1200. The summed E-state index contributed by atoms with van der Waals surface area (Å²) in [7, 11) is -1.80. The van der Waals surface area contributed by atoms with Gasteiger partial charge in [0.25, 0.3) is 0 Å². The van der Waals surface area contributed by atoms with Crippen molar-refractivity contribution in [2.24, 2.45) is 5.73 Å². The van der Waals surface area contributed by atoms with Crippen molar-refractivity contribution in [3.8, 4) is 22.8 Å². The van der Waals surface area contributed by atoms with Crippen molar-refractivity contribution in [3.63, 3.8) is 0 Å². The molecule has 0 aliphatic heterocycles. The van der Waals surface area contributed by atoms with Crippen LogP contribution in [0.3, 0.4) is 0 Å². The second-order valence-electron chi connectivity index (χ2n) is 8.16. The zero-order chi connectivity index (χ0) is 24.6. The van der Waals surface area contributed by atoms with E-state index in [9.17, 15) is 13.5 Å². The fraction of sp³-hybridized carbons (Fsp3) is 0.360. The maximum Gasteiger partial charge on any atom is 0.211 e. The number of sulfonamides is 1.